The van der Waals surface area contributed by atoms with Crippen molar-refractivity contribution in [2.24, 2.45) is 0 Å². The van der Waals surface area contributed by atoms with Gasteiger partial charge in [0.25, 0.3) is 0 Å². The lowest BCUT2D eigenvalue weighted by atomic mass is 10.3. The number of amides is 1. The van der Waals surface area contributed by atoms with Gasteiger partial charge in [-0.3, -0.25) is 4.79 Å². The summed E-state index contributed by atoms with van der Waals surface area (Å²) in [5.41, 5.74) is 0. The second-order valence-corrected chi connectivity index (χ2v) is 5.36. The van der Waals surface area contributed by atoms with Gasteiger partial charge in [0.1, 0.15) is 5.82 Å². The number of carbonyl (C=O) groups is 1. The van der Waals surface area contributed by atoms with Crippen molar-refractivity contribution in [3.8, 4) is 0 Å². The van der Waals surface area contributed by atoms with Crippen LogP contribution in [-0.2, 0) is 4.79 Å². The molecule has 0 aliphatic heterocycles. The van der Waals surface area contributed by atoms with Gasteiger partial charge in [0.05, 0.1) is 11.6 Å². The zero-order valence-electron chi connectivity index (χ0n) is 10.00. The largest absolute Gasteiger partial charge is 0.352 e. The number of anilines is 1. The lowest BCUT2D eigenvalue weighted by Gasteiger charge is -2.19. The first kappa shape index (κ1) is 14.3. The summed E-state index contributed by atoms with van der Waals surface area (Å²) in [5, 5.41) is 3.33. The standard InChI is InChI=1S/C11H15BrClN3O/c1-7(2)15-10(17)6-16(3)11-9(13)4-8(12)5-14-11/h4-5,7H,6H2,1-3H3,(H,15,17). The summed E-state index contributed by atoms with van der Waals surface area (Å²) in [4.78, 5) is 17.5. The smallest absolute Gasteiger partial charge is 0.239 e. The lowest BCUT2D eigenvalue weighted by Crippen LogP contribution is -2.38. The number of nitrogens with one attached hydrogen (secondary N) is 1. The Balaban J connectivity index is 2.69. The molecule has 0 radical (unpaired) electrons. The minimum absolute atomic E-state index is 0.0525. The number of hydrogen-bond donors (Lipinski definition) is 1. The lowest BCUT2D eigenvalue weighted by molar-refractivity contribution is -0.120. The molecule has 1 rings (SSSR count). The summed E-state index contributed by atoms with van der Waals surface area (Å²) in [5.74, 6) is 0.539. The maximum Gasteiger partial charge on any atom is 0.239 e. The van der Waals surface area contributed by atoms with Crippen LogP contribution in [0.4, 0.5) is 5.82 Å². The predicted octanol–water partition coefficient (Wildman–Crippen LogP) is 2.46. The van der Waals surface area contributed by atoms with Crippen LogP contribution in [0.15, 0.2) is 16.7 Å². The fourth-order valence-corrected chi connectivity index (χ4v) is 2.12. The van der Waals surface area contributed by atoms with E-state index < -0.39 is 0 Å². The van der Waals surface area contributed by atoms with E-state index in [2.05, 4.69) is 26.2 Å². The molecule has 1 aromatic heterocycles. The highest BCUT2D eigenvalue weighted by Crippen LogP contribution is 2.25. The fraction of sp³-hybridized carbons (Fsp3) is 0.455. The molecular weight excluding hydrogens is 305 g/mol. The van der Waals surface area contributed by atoms with Crippen molar-refractivity contribution >= 4 is 39.3 Å². The van der Waals surface area contributed by atoms with Gasteiger partial charge in [-0.2, -0.15) is 0 Å². The number of rotatable bonds is 4. The number of hydrogen-bond acceptors (Lipinski definition) is 3. The molecule has 0 aromatic carbocycles. The molecule has 1 amide bonds. The summed E-state index contributed by atoms with van der Waals surface area (Å²) >= 11 is 9.33. The van der Waals surface area contributed by atoms with Crippen LogP contribution in [0.5, 0.6) is 0 Å². The van der Waals surface area contributed by atoms with Crippen molar-refractivity contribution in [3.63, 3.8) is 0 Å². The van der Waals surface area contributed by atoms with E-state index in [1.54, 1.807) is 24.2 Å². The normalized spacial score (nSPS) is 10.5. The molecule has 1 heterocycles. The first-order chi connectivity index (χ1) is 7.90. The molecule has 0 fully saturated rings. The average Bonchev–Trinajstić information content (AvgIpc) is 2.15. The summed E-state index contributed by atoms with van der Waals surface area (Å²) < 4.78 is 0.811. The van der Waals surface area contributed by atoms with Crippen LogP contribution in [0.2, 0.25) is 5.02 Å². The zero-order valence-corrected chi connectivity index (χ0v) is 12.3. The molecule has 1 N–H and O–H groups in total. The first-order valence-corrected chi connectivity index (χ1v) is 6.38. The van der Waals surface area contributed by atoms with Gasteiger partial charge in [-0.15, -0.1) is 0 Å². The molecule has 94 valence electrons. The predicted molar refractivity (Wildman–Crippen MR) is 73.5 cm³/mol. The summed E-state index contributed by atoms with van der Waals surface area (Å²) in [7, 11) is 1.78. The molecule has 0 atom stereocenters. The van der Waals surface area contributed by atoms with Gasteiger partial charge >= 0.3 is 0 Å². The van der Waals surface area contributed by atoms with Crippen LogP contribution in [0.25, 0.3) is 0 Å². The van der Waals surface area contributed by atoms with E-state index in [1.807, 2.05) is 13.8 Å². The van der Waals surface area contributed by atoms with Crippen LogP contribution < -0.4 is 10.2 Å². The minimum Gasteiger partial charge on any atom is -0.352 e. The third-order valence-corrected chi connectivity index (χ3v) is 2.69. The molecule has 0 aliphatic rings. The van der Waals surface area contributed by atoms with E-state index in [4.69, 9.17) is 11.6 Å². The second kappa shape index (κ2) is 6.21. The average molecular weight is 321 g/mol. The Kier molecular flexibility index (Phi) is 5.21. The molecule has 0 bridgehead atoms. The van der Waals surface area contributed by atoms with Crippen molar-refractivity contribution < 1.29 is 4.79 Å². The molecule has 0 saturated carbocycles. The number of nitrogens with zero attached hydrogens (tertiary/aromatic N) is 2. The van der Waals surface area contributed by atoms with Crippen molar-refractivity contribution in [3.05, 3.63) is 21.8 Å². The molecule has 0 saturated heterocycles. The highest BCUT2D eigenvalue weighted by atomic mass is 79.9. The molecule has 0 unspecified atom stereocenters. The summed E-state index contributed by atoms with van der Waals surface area (Å²) in [6.45, 7) is 4.07. The Hall–Kier alpha value is -0.810. The molecule has 17 heavy (non-hydrogen) atoms. The van der Waals surface area contributed by atoms with Crippen LogP contribution in [-0.4, -0.2) is 30.5 Å². The van der Waals surface area contributed by atoms with E-state index in [1.165, 1.54) is 0 Å². The van der Waals surface area contributed by atoms with Gasteiger partial charge in [-0.05, 0) is 35.8 Å². The van der Waals surface area contributed by atoms with Crippen LogP contribution in [0, 0.1) is 0 Å². The highest BCUT2D eigenvalue weighted by molar-refractivity contribution is 9.10. The van der Waals surface area contributed by atoms with E-state index in [-0.39, 0.29) is 18.5 Å². The minimum atomic E-state index is -0.0525. The monoisotopic (exact) mass is 319 g/mol. The Bertz CT molecular complexity index is 412. The topological polar surface area (TPSA) is 45.2 Å². The van der Waals surface area contributed by atoms with Gasteiger partial charge in [0, 0.05) is 23.8 Å². The maximum absolute atomic E-state index is 11.6. The second-order valence-electron chi connectivity index (χ2n) is 4.04. The molecule has 0 aliphatic carbocycles. The van der Waals surface area contributed by atoms with Crippen LogP contribution in [0.1, 0.15) is 13.8 Å². The van der Waals surface area contributed by atoms with Gasteiger partial charge in [0.2, 0.25) is 5.91 Å². The summed E-state index contributed by atoms with van der Waals surface area (Å²) in [6.07, 6.45) is 1.65. The number of likely N-dealkylation sites (N-methyl/N-ethyl adjacent to an activating group) is 1. The van der Waals surface area contributed by atoms with Crippen molar-refractivity contribution in [1.29, 1.82) is 0 Å². The third-order valence-electron chi connectivity index (χ3n) is 1.98. The zero-order chi connectivity index (χ0) is 13.0. The SMILES string of the molecule is CC(C)NC(=O)CN(C)c1ncc(Br)cc1Cl. The Morgan fingerprint density at radius 2 is 2.29 bits per heavy atom. The van der Waals surface area contributed by atoms with Gasteiger partial charge in [-0.25, -0.2) is 4.98 Å². The van der Waals surface area contributed by atoms with Crippen molar-refractivity contribution in [1.82, 2.24) is 10.3 Å². The highest BCUT2D eigenvalue weighted by Gasteiger charge is 2.12. The third kappa shape index (κ3) is 4.52. The quantitative estimate of drug-likeness (QED) is 0.927. The van der Waals surface area contributed by atoms with Crippen LogP contribution >= 0.6 is 27.5 Å². The van der Waals surface area contributed by atoms with Gasteiger partial charge < -0.3 is 10.2 Å². The van der Waals surface area contributed by atoms with Gasteiger partial charge in [0.15, 0.2) is 0 Å². The number of carbonyl (C=O) groups excluding carboxylic acids is 1. The molecule has 1 aromatic rings. The van der Waals surface area contributed by atoms with Gasteiger partial charge in [-0.1, -0.05) is 11.6 Å². The van der Waals surface area contributed by atoms with E-state index >= 15 is 0 Å². The maximum atomic E-state index is 11.6. The first-order valence-electron chi connectivity index (χ1n) is 5.21. The van der Waals surface area contributed by atoms with Crippen molar-refractivity contribution in [2.75, 3.05) is 18.5 Å². The van der Waals surface area contributed by atoms with E-state index in [9.17, 15) is 4.79 Å². The van der Waals surface area contributed by atoms with Crippen molar-refractivity contribution in [2.45, 2.75) is 19.9 Å². The number of halogens is 2. The van der Waals surface area contributed by atoms with E-state index in [0.717, 1.165) is 4.47 Å². The van der Waals surface area contributed by atoms with Crippen LogP contribution in [0.3, 0.4) is 0 Å². The number of pyridine rings is 1. The Morgan fingerprint density at radius 3 is 2.82 bits per heavy atom. The number of aromatic nitrogens is 1. The fourth-order valence-electron chi connectivity index (χ4n) is 1.35. The Labute approximate surface area is 114 Å². The summed E-state index contributed by atoms with van der Waals surface area (Å²) in [6, 6.07) is 1.88. The Morgan fingerprint density at radius 1 is 1.65 bits per heavy atom. The molecule has 6 heteroatoms. The van der Waals surface area contributed by atoms with E-state index in [0.29, 0.717) is 10.8 Å². The molecule has 0 spiro atoms. The molecule has 4 nitrogen and oxygen atoms in total. The molecular formula is C11H15BrClN3O.